The molecule has 3 rings (SSSR count). The van der Waals surface area contributed by atoms with Crippen LogP contribution in [0.15, 0.2) is 23.2 Å². The molecule has 0 saturated heterocycles. The molecule has 2 aliphatic rings. The Labute approximate surface area is 189 Å². The van der Waals surface area contributed by atoms with Crippen LogP contribution in [0.5, 0.6) is 5.75 Å². The third kappa shape index (κ3) is 7.98. The summed E-state index contributed by atoms with van der Waals surface area (Å²) >= 11 is 0. The number of aliphatic imine (C=N–C) groups is 1. The highest BCUT2D eigenvalue weighted by Gasteiger charge is 2.29. The summed E-state index contributed by atoms with van der Waals surface area (Å²) in [5.74, 6) is 1.55. The number of halogens is 2. The summed E-state index contributed by atoms with van der Waals surface area (Å²) in [6.45, 7) is 6.27. The SMILES string of the molecule is CCNC(=NCCNC(=O)C1CC1)NC(C)c1ccc(OCC2CC2)c(F)c1.I. The molecule has 0 heterocycles. The average molecular weight is 518 g/mol. The van der Waals surface area contributed by atoms with Crippen LogP contribution in [0.2, 0.25) is 0 Å². The van der Waals surface area contributed by atoms with Crippen molar-refractivity contribution in [2.24, 2.45) is 16.8 Å². The van der Waals surface area contributed by atoms with E-state index < -0.39 is 0 Å². The van der Waals surface area contributed by atoms with Crippen LogP contribution >= 0.6 is 24.0 Å². The number of benzene rings is 1. The van der Waals surface area contributed by atoms with Gasteiger partial charge in [0.05, 0.1) is 19.2 Å². The van der Waals surface area contributed by atoms with Crippen molar-refractivity contribution in [1.29, 1.82) is 0 Å². The Hall–Kier alpha value is -1.58. The Morgan fingerprint density at radius 3 is 2.66 bits per heavy atom. The molecule has 1 aromatic rings. The van der Waals surface area contributed by atoms with E-state index in [0.717, 1.165) is 24.9 Å². The van der Waals surface area contributed by atoms with E-state index >= 15 is 0 Å². The normalized spacial score (nSPS) is 17.1. The maximum Gasteiger partial charge on any atom is 0.223 e. The number of rotatable bonds is 10. The minimum atomic E-state index is -0.337. The van der Waals surface area contributed by atoms with Gasteiger partial charge in [-0.1, -0.05) is 6.07 Å². The molecule has 0 bridgehead atoms. The van der Waals surface area contributed by atoms with Gasteiger partial charge >= 0.3 is 0 Å². The summed E-state index contributed by atoms with van der Waals surface area (Å²) in [6, 6.07) is 4.97. The van der Waals surface area contributed by atoms with E-state index in [1.54, 1.807) is 6.07 Å². The first-order chi connectivity index (χ1) is 13.6. The van der Waals surface area contributed by atoms with Gasteiger partial charge in [-0.25, -0.2) is 4.39 Å². The summed E-state index contributed by atoms with van der Waals surface area (Å²) < 4.78 is 19.9. The van der Waals surface area contributed by atoms with Crippen LogP contribution in [0.4, 0.5) is 4.39 Å². The minimum absolute atomic E-state index is 0. The van der Waals surface area contributed by atoms with Gasteiger partial charge in [0.25, 0.3) is 0 Å². The number of carbonyl (C=O) groups is 1. The highest BCUT2D eigenvalue weighted by Crippen LogP contribution is 2.30. The molecule has 0 aromatic heterocycles. The zero-order chi connectivity index (χ0) is 19.9. The second-order valence-electron chi connectivity index (χ2n) is 7.64. The van der Waals surface area contributed by atoms with Crippen LogP contribution in [-0.2, 0) is 4.79 Å². The van der Waals surface area contributed by atoms with Crippen molar-refractivity contribution >= 4 is 35.8 Å². The van der Waals surface area contributed by atoms with Crippen LogP contribution in [-0.4, -0.2) is 38.1 Å². The molecule has 0 spiro atoms. The quantitative estimate of drug-likeness (QED) is 0.192. The van der Waals surface area contributed by atoms with E-state index in [9.17, 15) is 9.18 Å². The number of hydrogen-bond acceptors (Lipinski definition) is 3. The van der Waals surface area contributed by atoms with Crippen LogP contribution in [0.25, 0.3) is 0 Å². The summed E-state index contributed by atoms with van der Waals surface area (Å²) in [5, 5.41) is 9.36. The Kier molecular flexibility index (Phi) is 9.45. The van der Waals surface area contributed by atoms with Gasteiger partial charge in [-0.3, -0.25) is 9.79 Å². The molecule has 3 N–H and O–H groups in total. The Balaban J connectivity index is 0.00000300. The van der Waals surface area contributed by atoms with Crippen molar-refractivity contribution in [3.63, 3.8) is 0 Å². The smallest absolute Gasteiger partial charge is 0.223 e. The molecule has 1 aromatic carbocycles. The van der Waals surface area contributed by atoms with E-state index in [-0.39, 0.29) is 47.7 Å². The predicted molar refractivity (Wildman–Crippen MR) is 123 cm³/mol. The lowest BCUT2D eigenvalue weighted by molar-refractivity contribution is -0.122. The van der Waals surface area contributed by atoms with Gasteiger partial charge in [-0.15, -0.1) is 24.0 Å². The number of ether oxygens (including phenoxy) is 1. The average Bonchev–Trinajstić information content (AvgIpc) is 3.56. The molecule has 2 aliphatic carbocycles. The van der Waals surface area contributed by atoms with Crippen LogP contribution in [0.3, 0.4) is 0 Å². The Morgan fingerprint density at radius 1 is 1.28 bits per heavy atom. The van der Waals surface area contributed by atoms with Crippen LogP contribution in [0, 0.1) is 17.7 Å². The fraction of sp³-hybridized carbons (Fsp3) is 0.619. The van der Waals surface area contributed by atoms with Crippen molar-refractivity contribution < 1.29 is 13.9 Å². The monoisotopic (exact) mass is 518 g/mol. The Bertz CT molecular complexity index is 708. The van der Waals surface area contributed by atoms with E-state index in [4.69, 9.17) is 4.74 Å². The number of carbonyl (C=O) groups excluding carboxylic acids is 1. The number of nitrogens with one attached hydrogen (secondary N) is 3. The first-order valence-electron chi connectivity index (χ1n) is 10.3. The molecule has 8 heteroatoms. The zero-order valence-electron chi connectivity index (χ0n) is 17.2. The fourth-order valence-corrected chi connectivity index (χ4v) is 2.84. The first-order valence-corrected chi connectivity index (χ1v) is 10.3. The minimum Gasteiger partial charge on any atom is -0.490 e. The molecule has 6 nitrogen and oxygen atoms in total. The molecule has 1 amide bonds. The molecular formula is C21H32FIN4O2. The third-order valence-electron chi connectivity index (χ3n) is 4.95. The third-order valence-corrected chi connectivity index (χ3v) is 4.95. The molecule has 2 saturated carbocycles. The molecule has 2 fully saturated rings. The molecule has 1 atom stereocenters. The van der Waals surface area contributed by atoms with E-state index in [1.165, 1.54) is 18.9 Å². The number of nitrogens with zero attached hydrogens (tertiary/aromatic N) is 1. The standard InChI is InChI=1S/C21H31FN4O2.HI/c1-3-23-21(25-11-10-24-20(27)16-6-7-16)26-14(2)17-8-9-19(18(22)12-17)28-13-15-4-5-15;/h8-9,12,14-16H,3-7,10-11,13H2,1-2H3,(H,24,27)(H2,23,25,26);1H. The van der Waals surface area contributed by atoms with E-state index in [2.05, 4.69) is 20.9 Å². The Morgan fingerprint density at radius 2 is 2.03 bits per heavy atom. The molecule has 1 unspecified atom stereocenters. The lowest BCUT2D eigenvalue weighted by atomic mass is 10.1. The van der Waals surface area contributed by atoms with Gasteiger partial charge < -0.3 is 20.7 Å². The second-order valence-corrected chi connectivity index (χ2v) is 7.64. The van der Waals surface area contributed by atoms with E-state index in [0.29, 0.717) is 37.3 Å². The zero-order valence-corrected chi connectivity index (χ0v) is 19.5. The highest BCUT2D eigenvalue weighted by atomic mass is 127. The molecular weight excluding hydrogens is 486 g/mol. The van der Waals surface area contributed by atoms with Crippen molar-refractivity contribution in [2.45, 2.75) is 45.6 Å². The predicted octanol–water partition coefficient (Wildman–Crippen LogP) is 3.37. The maximum atomic E-state index is 14.3. The van der Waals surface area contributed by atoms with Gasteiger partial charge in [-0.2, -0.15) is 0 Å². The molecule has 162 valence electrons. The van der Waals surface area contributed by atoms with Gasteiger partial charge in [0, 0.05) is 19.0 Å². The second kappa shape index (κ2) is 11.6. The lowest BCUT2D eigenvalue weighted by Crippen LogP contribution is -2.39. The first kappa shape index (κ1) is 23.7. The van der Waals surface area contributed by atoms with Crippen LogP contribution < -0.4 is 20.7 Å². The van der Waals surface area contributed by atoms with Gasteiger partial charge in [0.1, 0.15) is 0 Å². The molecule has 29 heavy (non-hydrogen) atoms. The number of guanidine groups is 1. The van der Waals surface area contributed by atoms with Gasteiger partial charge in [0.2, 0.25) is 5.91 Å². The van der Waals surface area contributed by atoms with Gasteiger partial charge in [-0.05, 0) is 63.1 Å². The largest absolute Gasteiger partial charge is 0.490 e. The van der Waals surface area contributed by atoms with Crippen molar-refractivity contribution in [2.75, 3.05) is 26.2 Å². The van der Waals surface area contributed by atoms with E-state index in [1.807, 2.05) is 19.9 Å². The maximum absolute atomic E-state index is 14.3. The van der Waals surface area contributed by atoms with Gasteiger partial charge in [0.15, 0.2) is 17.5 Å². The topological polar surface area (TPSA) is 74.8 Å². The molecule has 0 aliphatic heterocycles. The highest BCUT2D eigenvalue weighted by molar-refractivity contribution is 14.0. The summed E-state index contributed by atoms with van der Waals surface area (Å²) in [4.78, 5) is 16.1. The number of hydrogen-bond donors (Lipinski definition) is 3. The summed E-state index contributed by atoms with van der Waals surface area (Å²) in [5.41, 5.74) is 0.823. The van der Waals surface area contributed by atoms with Crippen molar-refractivity contribution in [1.82, 2.24) is 16.0 Å². The van der Waals surface area contributed by atoms with Crippen molar-refractivity contribution in [3.05, 3.63) is 29.6 Å². The van der Waals surface area contributed by atoms with Crippen molar-refractivity contribution in [3.8, 4) is 5.75 Å². The summed E-state index contributed by atoms with van der Waals surface area (Å²) in [6.07, 6.45) is 4.35. The number of amides is 1. The lowest BCUT2D eigenvalue weighted by Gasteiger charge is -2.19. The van der Waals surface area contributed by atoms with Crippen LogP contribution in [0.1, 0.15) is 51.1 Å². The fourth-order valence-electron chi connectivity index (χ4n) is 2.84. The molecule has 0 radical (unpaired) electrons. The summed E-state index contributed by atoms with van der Waals surface area (Å²) in [7, 11) is 0.